The van der Waals surface area contributed by atoms with Gasteiger partial charge in [0.2, 0.25) is 5.90 Å². The molecular formula is C20H17NO. The molecule has 1 aliphatic heterocycles. The van der Waals surface area contributed by atoms with Crippen molar-refractivity contribution in [3.63, 3.8) is 0 Å². The number of fused-ring (bicyclic) bond motifs is 1. The predicted octanol–water partition coefficient (Wildman–Crippen LogP) is 4.23. The van der Waals surface area contributed by atoms with Gasteiger partial charge in [0.1, 0.15) is 6.61 Å². The number of aliphatic imine (C=N–C) groups is 1. The van der Waals surface area contributed by atoms with E-state index in [2.05, 4.69) is 66.7 Å². The Morgan fingerprint density at radius 1 is 0.864 bits per heavy atom. The van der Waals surface area contributed by atoms with Crippen LogP contribution in [0.5, 0.6) is 0 Å². The molecule has 0 saturated heterocycles. The number of hydrogen-bond donors (Lipinski definition) is 0. The van der Waals surface area contributed by atoms with Gasteiger partial charge in [-0.1, -0.05) is 66.7 Å². The molecule has 108 valence electrons. The van der Waals surface area contributed by atoms with Crippen LogP contribution in [0.3, 0.4) is 0 Å². The van der Waals surface area contributed by atoms with E-state index in [1.165, 1.54) is 16.3 Å². The van der Waals surface area contributed by atoms with Crippen molar-refractivity contribution in [3.8, 4) is 0 Å². The molecule has 0 unspecified atom stereocenters. The summed E-state index contributed by atoms with van der Waals surface area (Å²) in [5.74, 6) is 0.776. The van der Waals surface area contributed by atoms with Crippen molar-refractivity contribution in [2.45, 2.75) is 12.5 Å². The molecule has 0 aromatic heterocycles. The highest BCUT2D eigenvalue weighted by molar-refractivity contribution is 6.07. The van der Waals surface area contributed by atoms with Gasteiger partial charge in [-0.25, -0.2) is 4.99 Å². The van der Waals surface area contributed by atoms with Crippen molar-refractivity contribution in [2.75, 3.05) is 6.61 Å². The zero-order valence-corrected chi connectivity index (χ0v) is 12.3. The Morgan fingerprint density at radius 3 is 2.55 bits per heavy atom. The summed E-state index contributed by atoms with van der Waals surface area (Å²) in [6, 6.07) is 25.3. The fourth-order valence-electron chi connectivity index (χ4n) is 2.97. The number of ether oxygens (including phenoxy) is 1. The van der Waals surface area contributed by atoms with Crippen molar-refractivity contribution in [2.24, 2.45) is 4.99 Å². The number of rotatable bonds is 3. The smallest absolute Gasteiger partial charge is 0.217 e. The molecule has 0 bridgehead atoms. The molecule has 0 amide bonds. The lowest BCUT2D eigenvalue weighted by molar-refractivity contribution is 0.317. The maximum atomic E-state index is 5.88. The summed E-state index contributed by atoms with van der Waals surface area (Å²) in [6.07, 6.45) is 0.926. The standard InChI is InChI=1S/C20H17NO/c1-2-7-15(8-3-1)13-17-14-22-20(21-17)19-12-6-10-16-9-4-5-11-18(16)19/h1-12,17H,13-14H2/t17-/m0/s1. The molecule has 1 atom stereocenters. The Hall–Kier alpha value is -2.61. The summed E-state index contributed by atoms with van der Waals surface area (Å²) in [4.78, 5) is 4.80. The van der Waals surface area contributed by atoms with E-state index in [0.717, 1.165) is 17.9 Å². The van der Waals surface area contributed by atoms with E-state index in [9.17, 15) is 0 Å². The van der Waals surface area contributed by atoms with Crippen LogP contribution in [0, 0.1) is 0 Å². The van der Waals surface area contributed by atoms with E-state index < -0.39 is 0 Å². The second-order valence-corrected chi connectivity index (χ2v) is 5.62. The van der Waals surface area contributed by atoms with Gasteiger partial charge in [-0.3, -0.25) is 0 Å². The molecule has 1 aliphatic rings. The van der Waals surface area contributed by atoms with Crippen LogP contribution in [0.2, 0.25) is 0 Å². The summed E-state index contributed by atoms with van der Waals surface area (Å²) < 4.78 is 5.88. The van der Waals surface area contributed by atoms with Crippen LogP contribution >= 0.6 is 0 Å². The SMILES string of the molecule is c1ccc(C[C@H]2COC(c3cccc4ccccc34)=N2)cc1. The summed E-state index contributed by atoms with van der Waals surface area (Å²) >= 11 is 0. The Balaban J connectivity index is 1.64. The molecule has 22 heavy (non-hydrogen) atoms. The van der Waals surface area contributed by atoms with Crippen molar-refractivity contribution < 1.29 is 4.74 Å². The minimum atomic E-state index is 0.205. The van der Waals surface area contributed by atoms with E-state index in [1.54, 1.807) is 0 Å². The third-order valence-corrected chi connectivity index (χ3v) is 4.05. The summed E-state index contributed by atoms with van der Waals surface area (Å²) in [6.45, 7) is 0.660. The number of nitrogens with zero attached hydrogens (tertiary/aromatic N) is 1. The normalized spacial score (nSPS) is 17.3. The topological polar surface area (TPSA) is 21.6 Å². The molecule has 0 spiro atoms. The van der Waals surface area contributed by atoms with Gasteiger partial charge in [0.05, 0.1) is 6.04 Å². The van der Waals surface area contributed by atoms with Crippen LogP contribution < -0.4 is 0 Å². The highest BCUT2D eigenvalue weighted by Crippen LogP contribution is 2.23. The Kier molecular flexibility index (Phi) is 3.36. The zero-order valence-electron chi connectivity index (χ0n) is 12.3. The lowest BCUT2D eigenvalue weighted by Crippen LogP contribution is -2.09. The van der Waals surface area contributed by atoms with Crippen molar-refractivity contribution in [3.05, 3.63) is 83.9 Å². The summed E-state index contributed by atoms with van der Waals surface area (Å²) in [5, 5.41) is 2.42. The molecule has 0 radical (unpaired) electrons. The van der Waals surface area contributed by atoms with E-state index in [0.29, 0.717) is 6.61 Å². The van der Waals surface area contributed by atoms with Crippen molar-refractivity contribution in [1.29, 1.82) is 0 Å². The molecule has 0 aliphatic carbocycles. The van der Waals surface area contributed by atoms with Gasteiger partial charge >= 0.3 is 0 Å². The van der Waals surface area contributed by atoms with Gasteiger partial charge in [-0.15, -0.1) is 0 Å². The first-order chi connectivity index (χ1) is 10.9. The van der Waals surface area contributed by atoms with Gasteiger partial charge in [0, 0.05) is 5.56 Å². The van der Waals surface area contributed by atoms with Crippen LogP contribution in [0.15, 0.2) is 77.8 Å². The van der Waals surface area contributed by atoms with Crippen molar-refractivity contribution in [1.82, 2.24) is 0 Å². The highest BCUT2D eigenvalue weighted by Gasteiger charge is 2.21. The van der Waals surface area contributed by atoms with Crippen LogP contribution in [0.25, 0.3) is 10.8 Å². The van der Waals surface area contributed by atoms with Gasteiger partial charge < -0.3 is 4.74 Å². The third kappa shape index (κ3) is 2.48. The first-order valence-corrected chi connectivity index (χ1v) is 7.63. The molecule has 0 N–H and O–H groups in total. The first-order valence-electron chi connectivity index (χ1n) is 7.63. The molecule has 2 heteroatoms. The van der Waals surface area contributed by atoms with E-state index in [1.807, 2.05) is 6.07 Å². The Bertz CT molecular complexity index is 818. The first kappa shape index (κ1) is 13.1. The summed E-state index contributed by atoms with van der Waals surface area (Å²) in [5.41, 5.74) is 2.40. The molecule has 4 rings (SSSR count). The Morgan fingerprint density at radius 2 is 1.64 bits per heavy atom. The third-order valence-electron chi connectivity index (χ3n) is 4.05. The van der Waals surface area contributed by atoms with Crippen LogP contribution in [0.1, 0.15) is 11.1 Å². The fraction of sp³-hybridized carbons (Fsp3) is 0.150. The van der Waals surface area contributed by atoms with Gasteiger partial charge in [-0.05, 0) is 28.8 Å². The van der Waals surface area contributed by atoms with Crippen molar-refractivity contribution >= 4 is 16.7 Å². The van der Waals surface area contributed by atoms with Gasteiger partial charge in [0.25, 0.3) is 0 Å². The van der Waals surface area contributed by atoms with E-state index in [-0.39, 0.29) is 6.04 Å². The zero-order chi connectivity index (χ0) is 14.8. The van der Waals surface area contributed by atoms with Crippen LogP contribution in [0.4, 0.5) is 0 Å². The minimum absolute atomic E-state index is 0.205. The average Bonchev–Trinajstić information content (AvgIpc) is 3.03. The maximum Gasteiger partial charge on any atom is 0.217 e. The van der Waals surface area contributed by atoms with E-state index >= 15 is 0 Å². The maximum absolute atomic E-state index is 5.88. The van der Waals surface area contributed by atoms with E-state index in [4.69, 9.17) is 9.73 Å². The average molecular weight is 287 g/mol. The largest absolute Gasteiger partial charge is 0.475 e. The fourth-order valence-corrected chi connectivity index (χ4v) is 2.97. The number of hydrogen-bond acceptors (Lipinski definition) is 2. The molecule has 0 saturated carbocycles. The molecule has 3 aromatic carbocycles. The van der Waals surface area contributed by atoms with Crippen LogP contribution in [-0.4, -0.2) is 18.5 Å². The minimum Gasteiger partial charge on any atom is -0.475 e. The molecule has 3 aromatic rings. The highest BCUT2D eigenvalue weighted by atomic mass is 16.5. The lowest BCUT2D eigenvalue weighted by atomic mass is 10.0. The monoisotopic (exact) mass is 287 g/mol. The molecule has 2 nitrogen and oxygen atoms in total. The second-order valence-electron chi connectivity index (χ2n) is 5.62. The summed E-state index contributed by atoms with van der Waals surface area (Å²) in [7, 11) is 0. The molecule has 1 heterocycles. The quantitative estimate of drug-likeness (QED) is 0.706. The number of benzene rings is 3. The second kappa shape index (κ2) is 5.64. The lowest BCUT2D eigenvalue weighted by Gasteiger charge is -2.05. The molecule has 0 fully saturated rings. The predicted molar refractivity (Wildman–Crippen MR) is 90.4 cm³/mol. The molecular weight excluding hydrogens is 270 g/mol. The van der Waals surface area contributed by atoms with Crippen LogP contribution in [-0.2, 0) is 11.2 Å². The van der Waals surface area contributed by atoms with Gasteiger partial charge in [-0.2, -0.15) is 0 Å². The Labute approximate surface area is 130 Å². The van der Waals surface area contributed by atoms with Gasteiger partial charge in [0.15, 0.2) is 0 Å².